The summed E-state index contributed by atoms with van der Waals surface area (Å²) in [4.78, 5) is 28.1. The van der Waals surface area contributed by atoms with Crippen LogP contribution in [0.4, 0.5) is 0 Å². The summed E-state index contributed by atoms with van der Waals surface area (Å²) in [6.45, 7) is 3.83. The number of esters is 2. The molecule has 1 heterocycles. The number of hydrogen-bond acceptors (Lipinski definition) is 6. The van der Waals surface area contributed by atoms with Crippen molar-refractivity contribution in [2.75, 3.05) is 13.2 Å². The lowest BCUT2D eigenvalue weighted by Gasteiger charge is -2.13. The first kappa shape index (κ1) is 16.0. The molecule has 0 atom stereocenters. The Kier molecular flexibility index (Phi) is 5.52. The van der Waals surface area contributed by atoms with Crippen molar-refractivity contribution in [3.63, 3.8) is 0 Å². The van der Waals surface area contributed by atoms with Crippen LogP contribution in [-0.4, -0.2) is 30.1 Å². The molecule has 0 saturated heterocycles. The second kappa shape index (κ2) is 7.59. The molecule has 0 aliphatic rings. The van der Waals surface area contributed by atoms with Crippen molar-refractivity contribution < 1.29 is 23.5 Å². The number of benzene rings is 1. The highest BCUT2D eigenvalue weighted by Gasteiger charge is 2.29. The highest BCUT2D eigenvalue weighted by Crippen LogP contribution is 2.18. The van der Waals surface area contributed by atoms with Crippen molar-refractivity contribution in [2.24, 2.45) is 5.92 Å². The molecule has 6 nitrogen and oxygen atoms in total. The van der Waals surface area contributed by atoms with Crippen LogP contribution in [0.1, 0.15) is 26.2 Å². The second-order valence-electron chi connectivity index (χ2n) is 4.67. The van der Waals surface area contributed by atoms with E-state index in [1.807, 2.05) is 24.3 Å². The molecule has 22 heavy (non-hydrogen) atoms. The molecule has 0 aliphatic carbocycles. The number of aromatic nitrogens is 1. The molecule has 118 valence electrons. The maximum absolute atomic E-state index is 11.9. The maximum Gasteiger partial charge on any atom is 0.320 e. The van der Waals surface area contributed by atoms with Crippen LogP contribution in [0.25, 0.3) is 11.1 Å². The van der Waals surface area contributed by atoms with Gasteiger partial charge in [0.25, 0.3) is 0 Å². The van der Waals surface area contributed by atoms with E-state index in [1.54, 1.807) is 13.8 Å². The third-order valence-corrected chi connectivity index (χ3v) is 3.13. The molecule has 0 N–H and O–H groups in total. The summed E-state index contributed by atoms with van der Waals surface area (Å²) in [5, 5.41) is 0. The zero-order valence-electron chi connectivity index (χ0n) is 12.7. The summed E-state index contributed by atoms with van der Waals surface area (Å²) < 4.78 is 15.4. The summed E-state index contributed by atoms with van der Waals surface area (Å²) in [5.74, 6) is -1.61. The fourth-order valence-electron chi connectivity index (χ4n) is 2.11. The summed E-state index contributed by atoms with van der Waals surface area (Å²) in [6.07, 6.45) is 0.599. The Morgan fingerprint density at radius 2 is 1.77 bits per heavy atom. The van der Waals surface area contributed by atoms with E-state index < -0.39 is 17.9 Å². The van der Waals surface area contributed by atoms with Gasteiger partial charge in [0, 0.05) is 6.42 Å². The highest BCUT2D eigenvalue weighted by atomic mass is 16.6. The molecule has 0 spiro atoms. The van der Waals surface area contributed by atoms with Gasteiger partial charge >= 0.3 is 11.9 Å². The zero-order chi connectivity index (χ0) is 15.9. The van der Waals surface area contributed by atoms with Gasteiger partial charge in [0.1, 0.15) is 5.52 Å². The third kappa shape index (κ3) is 3.84. The van der Waals surface area contributed by atoms with Gasteiger partial charge in [0.2, 0.25) is 0 Å². The van der Waals surface area contributed by atoms with Crippen LogP contribution >= 0.6 is 0 Å². The zero-order valence-corrected chi connectivity index (χ0v) is 12.7. The van der Waals surface area contributed by atoms with Crippen LogP contribution in [-0.2, 0) is 25.5 Å². The number of nitrogens with zero attached hydrogens (tertiary/aromatic N) is 1. The van der Waals surface area contributed by atoms with Gasteiger partial charge in [0.05, 0.1) is 13.2 Å². The number of rotatable bonds is 7. The molecular weight excluding hydrogens is 286 g/mol. The Morgan fingerprint density at radius 3 is 2.36 bits per heavy atom. The van der Waals surface area contributed by atoms with Crippen molar-refractivity contribution in [1.29, 1.82) is 0 Å². The average molecular weight is 305 g/mol. The number of aryl methyl sites for hydroxylation is 1. The lowest BCUT2D eigenvalue weighted by atomic mass is 10.0. The van der Waals surface area contributed by atoms with Gasteiger partial charge in [-0.05, 0) is 32.4 Å². The molecule has 0 bridgehead atoms. The van der Waals surface area contributed by atoms with Crippen molar-refractivity contribution in [3.8, 4) is 0 Å². The Balaban J connectivity index is 2.06. The van der Waals surface area contributed by atoms with Gasteiger partial charge in [-0.15, -0.1) is 0 Å². The number of fused-ring (bicyclic) bond motifs is 1. The molecule has 1 aromatic carbocycles. The number of carbonyl (C=O) groups is 2. The van der Waals surface area contributed by atoms with E-state index in [4.69, 9.17) is 13.9 Å². The van der Waals surface area contributed by atoms with E-state index in [-0.39, 0.29) is 19.6 Å². The predicted molar refractivity (Wildman–Crippen MR) is 79.1 cm³/mol. The molecule has 6 heteroatoms. The first-order chi connectivity index (χ1) is 10.7. The minimum Gasteiger partial charge on any atom is -0.465 e. The van der Waals surface area contributed by atoms with E-state index in [1.165, 1.54) is 0 Å². The average Bonchev–Trinajstić information content (AvgIpc) is 2.90. The molecule has 0 unspecified atom stereocenters. The largest absolute Gasteiger partial charge is 0.465 e. The fourth-order valence-corrected chi connectivity index (χ4v) is 2.11. The number of ether oxygens (including phenoxy) is 2. The summed E-state index contributed by atoms with van der Waals surface area (Å²) in [6, 6.07) is 7.39. The molecule has 2 aromatic rings. The Bertz CT molecular complexity index is 598. The predicted octanol–water partition coefficient (Wildman–Crippen LogP) is 2.50. The van der Waals surface area contributed by atoms with Crippen molar-refractivity contribution >= 4 is 23.0 Å². The minimum atomic E-state index is -0.949. The number of oxazole rings is 1. The Hall–Kier alpha value is -2.37. The molecule has 0 radical (unpaired) electrons. The molecule has 2 rings (SSSR count). The van der Waals surface area contributed by atoms with Gasteiger partial charge in [-0.2, -0.15) is 0 Å². The van der Waals surface area contributed by atoms with Crippen molar-refractivity contribution in [1.82, 2.24) is 4.98 Å². The molecule has 1 aromatic heterocycles. The van der Waals surface area contributed by atoms with Crippen LogP contribution in [0, 0.1) is 5.92 Å². The van der Waals surface area contributed by atoms with Crippen molar-refractivity contribution in [2.45, 2.75) is 26.7 Å². The smallest absolute Gasteiger partial charge is 0.320 e. The van der Waals surface area contributed by atoms with Gasteiger partial charge in [0.15, 0.2) is 17.4 Å². The van der Waals surface area contributed by atoms with Crippen LogP contribution in [0.5, 0.6) is 0 Å². The Morgan fingerprint density at radius 1 is 1.14 bits per heavy atom. The van der Waals surface area contributed by atoms with Gasteiger partial charge in [-0.3, -0.25) is 9.59 Å². The van der Waals surface area contributed by atoms with E-state index in [0.717, 1.165) is 5.52 Å². The molecule has 0 aliphatic heterocycles. The highest BCUT2D eigenvalue weighted by molar-refractivity contribution is 5.94. The molecule has 0 fully saturated rings. The lowest BCUT2D eigenvalue weighted by molar-refractivity contribution is -0.161. The lowest BCUT2D eigenvalue weighted by Crippen LogP contribution is -2.28. The topological polar surface area (TPSA) is 78.6 Å². The Labute approximate surface area is 128 Å². The van der Waals surface area contributed by atoms with Gasteiger partial charge in [-0.25, -0.2) is 4.98 Å². The van der Waals surface area contributed by atoms with E-state index in [2.05, 4.69) is 4.98 Å². The first-order valence-corrected chi connectivity index (χ1v) is 7.33. The summed E-state index contributed by atoms with van der Waals surface area (Å²) in [7, 11) is 0. The number of hydrogen-bond donors (Lipinski definition) is 0. The molecular formula is C16H19NO5. The molecule has 0 saturated carbocycles. The number of para-hydroxylation sites is 2. The van der Waals surface area contributed by atoms with E-state index >= 15 is 0 Å². The SMILES string of the molecule is CCOC(=O)C(CCc1nc2ccccc2o1)C(=O)OCC. The van der Waals surface area contributed by atoms with Crippen LogP contribution in [0.2, 0.25) is 0 Å². The fraction of sp³-hybridized carbons (Fsp3) is 0.438. The summed E-state index contributed by atoms with van der Waals surface area (Å²) >= 11 is 0. The monoisotopic (exact) mass is 305 g/mol. The normalized spacial score (nSPS) is 10.9. The van der Waals surface area contributed by atoms with Crippen LogP contribution in [0.3, 0.4) is 0 Å². The van der Waals surface area contributed by atoms with E-state index in [9.17, 15) is 9.59 Å². The van der Waals surface area contributed by atoms with Crippen LogP contribution < -0.4 is 0 Å². The van der Waals surface area contributed by atoms with E-state index in [0.29, 0.717) is 17.9 Å². The summed E-state index contributed by atoms with van der Waals surface area (Å²) in [5.41, 5.74) is 1.43. The first-order valence-electron chi connectivity index (χ1n) is 7.33. The third-order valence-electron chi connectivity index (χ3n) is 3.13. The van der Waals surface area contributed by atoms with Gasteiger partial charge in [-0.1, -0.05) is 12.1 Å². The van der Waals surface area contributed by atoms with Crippen LogP contribution in [0.15, 0.2) is 28.7 Å². The maximum atomic E-state index is 11.9. The standard InChI is InChI=1S/C16H19NO5/c1-3-20-15(18)11(16(19)21-4-2)9-10-14-17-12-7-5-6-8-13(12)22-14/h5-8,11H,3-4,9-10H2,1-2H3. The molecule has 0 amide bonds. The van der Waals surface area contributed by atoms with Crippen molar-refractivity contribution in [3.05, 3.63) is 30.2 Å². The quantitative estimate of drug-likeness (QED) is 0.577. The van der Waals surface area contributed by atoms with Gasteiger partial charge < -0.3 is 13.9 Å². The number of carbonyl (C=O) groups excluding carboxylic acids is 2. The minimum absolute atomic E-state index is 0.220. The second-order valence-corrected chi connectivity index (χ2v) is 4.67.